The van der Waals surface area contributed by atoms with Crippen molar-refractivity contribution in [2.24, 2.45) is 0 Å². The van der Waals surface area contributed by atoms with E-state index in [1.165, 1.54) is 0 Å². The minimum absolute atomic E-state index is 0.0972. The van der Waals surface area contributed by atoms with Gasteiger partial charge in [-0.1, -0.05) is 35.9 Å². The van der Waals surface area contributed by atoms with Crippen molar-refractivity contribution in [1.82, 2.24) is 5.32 Å². The summed E-state index contributed by atoms with van der Waals surface area (Å²) in [5, 5.41) is 13.9. The summed E-state index contributed by atoms with van der Waals surface area (Å²) in [6.07, 6.45) is 1.00. The van der Waals surface area contributed by atoms with Gasteiger partial charge in [-0.05, 0) is 48.7 Å². The molecule has 0 heterocycles. The second kappa shape index (κ2) is 8.18. The van der Waals surface area contributed by atoms with Crippen LogP contribution in [0.3, 0.4) is 0 Å². The van der Waals surface area contributed by atoms with Crippen molar-refractivity contribution >= 4 is 17.5 Å². The van der Waals surface area contributed by atoms with E-state index in [0.717, 1.165) is 11.3 Å². The van der Waals surface area contributed by atoms with E-state index < -0.39 is 5.60 Å². The molecular formula is C19H22ClNO3. The van der Waals surface area contributed by atoms with Crippen LogP contribution in [0.4, 0.5) is 0 Å². The van der Waals surface area contributed by atoms with Crippen molar-refractivity contribution in [2.75, 3.05) is 13.7 Å². The van der Waals surface area contributed by atoms with Crippen LogP contribution in [-0.4, -0.2) is 24.7 Å². The van der Waals surface area contributed by atoms with Gasteiger partial charge in [0, 0.05) is 11.4 Å². The van der Waals surface area contributed by atoms with Crippen LogP contribution in [0.5, 0.6) is 5.75 Å². The Bertz CT molecular complexity index is 666. The molecule has 2 rings (SSSR count). The molecule has 0 aliphatic rings. The smallest absolute Gasteiger partial charge is 0.220 e. The van der Waals surface area contributed by atoms with E-state index in [9.17, 15) is 9.90 Å². The van der Waals surface area contributed by atoms with Crippen LogP contribution in [0.25, 0.3) is 0 Å². The van der Waals surface area contributed by atoms with E-state index in [4.69, 9.17) is 16.3 Å². The van der Waals surface area contributed by atoms with Gasteiger partial charge in [-0.15, -0.1) is 0 Å². The molecule has 0 bridgehead atoms. The number of rotatable bonds is 7. The molecule has 0 aliphatic carbocycles. The normalized spacial score (nSPS) is 13.2. The molecule has 0 aliphatic heterocycles. The first kappa shape index (κ1) is 18.3. The lowest BCUT2D eigenvalue weighted by atomic mass is 9.96. The number of methoxy groups -OCH3 is 1. The Labute approximate surface area is 147 Å². The summed E-state index contributed by atoms with van der Waals surface area (Å²) >= 11 is 5.85. The zero-order chi connectivity index (χ0) is 17.6. The fraction of sp³-hybridized carbons (Fsp3) is 0.316. The fourth-order valence-corrected chi connectivity index (χ4v) is 2.45. The molecule has 0 fully saturated rings. The third-order valence-electron chi connectivity index (χ3n) is 3.90. The summed E-state index contributed by atoms with van der Waals surface area (Å²) in [5.74, 6) is 0.697. The Kier molecular flexibility index (Phi) is 6.23. The maximum absolute atomic E-state index is 12.0. The lowest BCUT2D eigenvalue weighted by Crippen LogP contribution is -2.38. The van der Waals surface area contributed by atoms with Gasteiger partial charge in [0.25, 0.3) is 0 Å². The number of nitrogens with one attached hydrogen (secondary N) is 1. The van der Waals surface area contributed by atoms with E-state index in [-0.39, 0.29) is 12.5 Å². The largest absolute Gasteiger partial charge is 0.497 e. The maximum atomic E-state index is 12.0. The zero-order valence-electron chi connectivity index (χ0n) is 13.9. The molecule has 1 amide bonds. The number of aryl methyl sites for hydroxylation is 1. The summed E-state index contributed by atoms with van der Waals surface area (Å²) in [6, 6.07) is 14.6. The molecule has 0 aromatic heterocycles. The Morgan fingerprint density at radius 2 is 1.79 bits per heavy atom. The molecule has 0 saturated carbocycles. The van der Waals surface area contributed by atoms with Crippen LogP contribution in [-0.2, 0) is 16.8 Å². The lowest BCUT2D eigenvalue weighted by Gasteiger charge is -2.24. The van der Waals surface area contributed by atoms with E-state index in [2.05, 4.69) is 5.32 Å². The minimum atomic E-state index is -1.14. The first-order valence-corrected chi connectivity index (χ1v) is 8.16. The summed E-state index contributed by atoms with van der Waals surface area (Å²) in [4.78, 5) is 12.0. The third kappa shape index (κ3) is 5.25. The fourth-order valence-electron chi connectivity index (χ4n) is 2.32. The van der Waals surface area contributed by atoms with Crippen LogP contribution in [0.15, 0.2) is 48.5 Å². The highest BCUT2D eigenvalue weighted by molar-refractivity contribution is 6.30. The molecule has 1 atom stereocenters. The van der Waals surface area contributed by atoms with Crippen molar-refractivity contribution in [3.63, 3.8) is 0 Å². The van der Waals surface area contributed by atoms with Crippen molar-refractivity contribution in [3.8, 4) is 5.75 Å². The average molecular weight is 348 g/mol. The van der Waals surface area contributed by atoms with Crippen molar-refractivity contribution in [2.45, 2.75) is 25.4 Å². The Morgan fingerprint density at radius 1 is 1.17 bits per heavy atom. The van der Waals surface area contributed by atoms with E-state index >= 15 is 0 Å². The number of halogens is 1. The standard InChI is InChI=1S/C19H22ClNO3/c1-19(23,15-6-8-16(20)9-7-15)13-21-18(22)12-5-14-3-10-17(24-2)11-4-14/h3-4,6-11,23H,5,12-13H2,1-2H3,(H,21,22). The van der Waals surface area contributed by atoms with Crippen LogP contribution in [0, 0.1) is 0 Å². The van der Waals surface area contributed by atoms with Crippen LogP contribution in [0.1, 0.15) is 24.5 Å². The molecule has 2 aromatic rings. The van der Waals surface area contributed by atoms with Crippen LogP contribution in [0.2, 0.25) is 5.02 Å². The van der Waals surface area contributed by atoms with Gasteiger partial charge in [-0.2, -0.15) is 0 Å². The van der Waals surface area contributed by atoms with Gasteiger partial charge in [0.2, 0.25) is 5.91 Å². The number of carbonyl (C=O) groups is 1. The number of ether oxygens (including phenoxy) is 1. The highest BCUT2D eigenvalue weighted by Gasteiger charge is 2.23. The second-order valence-corrected chi connectivity index (χ2v) is 6.34. The van der Waals surface area contributed by atoms with Crippen molar-refractivity contribution in [1.29, 1.82) is 0 Å². The van der Waals surface area contributed by atoms with Gasteiger partial charge < -0.3 is 15.2 Å². The zero-order valence-corrected chi connectivity index (χ0v) is 14.6. The lowest BCUT2D eigenvalue weighted by molar-refractivity contribution is -0.122. The quantitative estimate of drug-likeness (QED) is 0.808. The molecule has 1 unspecified atom stereocenters. The summed E-state index contributed by atoms with van der Waals surface area (Å²) in [5.41, 5.74) is 0.637. The predicted molar refractivity (Wildman–Crippen MR) is 95.3 cm³/mol. The Morgan fingerprint density at radius 3 is 2.38 bits per heavy atom. The monoisotopic (exact) mass is 347 g/mol. The molecule has 0 radical (unpaired) electrons. The number of hydrogen-bond acceptors (Lipinski definition) is 3. The molecule has 24 heavy (non-hydrogen) atoms. The van der Waals surface area contributed by atoms with Gasteiger partial charge in [0.1, 0.15) is 11.4 Å². The molecule has 4 nitrogen and oxygen atoms in total. The molecule has 5 heteroatoms. The average Bonchev–Trinajstić information content (AvgIpc) is 2.59. The van der Waals surface area contributed by atoms with E-state index in [1.807, 2.05) is 24.3 Å². The summed E-state index contributed by atoms with van der Waals surface area (Å²) in [6.45, 7) is 1.82. The number of amides is 1. The minimum Gasteiger partial charge on any atom is -0.497 e. The van der Waals surface area contributed by atoms with Gasteiger partial charge in [0.05, 0.1) is 13.7 Å². The molecule has 0 saturated heterocycles. The number of aliphatic hydroxyl groups is 1. The van der Waals surface area contributed by atoms with E-state index in [1.54, 1.807) is 38.3 Å². The van der Waals surface area contributed by atoms with Crippen molar-refractivity contribution < 1.29 is 14.6 Å². The van der Waals surface area contributed by atoms with Gasteiger partial charge in [-0.3, -0.25) is 4.79 Å². The second-order valence-electron chi connectivity index (χ2n) is 5.91. The maximum Gasteiger partial charge on any atom is 0.220 e. The summed E-state index contributed by atoms with van der Waals surface area (Å²) < 4.78 is 5.10. The van der Waals surface area contributed by atoms with Crippen LogP contribution >= 0.6 is 11.6 Å². The molecule has 2 aromatic carbocycles. The Hall–Kier alpha value is -2.04. The number of carbonyl (C=O) groups excluding carboxylic acids is 1. The molecular weight excluding hydrogens is 326 g/mol. The predicted octanol–water partition coefficient (Wildman–Crippen LogP) is 3.31. The highest BCUT2D eigenvalue weighted by atomic mass is 35.5. The van der Waals surface area contributed by atoms with Crippen molar-refractivity contribution in [3.05, 3.63) is 64.7 Å². The summed E-state index contributed by atoms with van der Waals surface area (Å²) in [7, 11) is 1.62. The van der Waals surface area contributed by atoms with Gasteiger partial charge in [0.15, 0.2) is 0 Å². The third-order valence-corrected chi connectivity index (χ3v) is 4.15. The van der Waals surface area contributed by atoms with Crippen LogP contribution < -0.4 is 10.1 Å². The van der Waals surface area contributed by atoms with Gasteiger partial charge >= 0.3 is 0 Å². The van der Waals surface area contributed by atoms with Gasteiger partial charge in [-0.25, -0.2) is 0 Å². The number of hydrogen-bond donors (Lipinski definition) is 2. The number of benzene rings is 2. The SMILES string of the molecule is COc1ccc(CCC(=O)NCC(C)(O)c2ccc(Cl)cc2)cc1. The molecule has 2 N–H and O–H groups in total. The van der Waals surface area contributed by atoms with E-state index in [0.29, 0.717) is 23.4 Å². The first-order valence-electron chi connectivity index (χ1n) is 7.79. The molecule has 128 valence electrons. The first-order chi connectivity index (χ1) is 11.4. The topological polar surface area (TPSA) is 58.6 Å². The Balaban J connectivity index is 1.82. The molecule has 0 spiro atoms. The highest BCUT2D eigenvalue weighted by Crippen LogP contribution is 2.21.